The number of benzene rings is 1. The lowest BCUT2D eigenvalue weighted by molar-refractivity contribution is 1.16. The van der Waals surface area contributed by atoms with Gasteiger partial charge in [0.05, 0.1) is 5.56 Å². The molecule has 0 N–H and O–H groups in total. The van der Waals surface area contributed by atoms with Gasteiger partial charge in [-0.2, -0.15) is 5.26 Å². The second kappa shape index (κ2) is 3.43. The number of aryl methyl sites for hydroxylation is 2. The first-order valence-electron chi connectivity index (χ1n) is 4.67. The van der Waals surface area contributed by atoms with E-state index in [9.17, 15) is 0 Å². The molecule has 0 radical (unpaired) electrons. The van der Waals surface area contributed by atoms with Gasteiger partial charge in [-0.25, -0.2) is 0 Å². The van der Waals surface area contributed by atoms with Crippen molar-refractivity contribution in [2.24, 2.45) is 0 Å². The molecule has 0 unspecified atom stereocenters. The first kappa shape index (κ1) is 9.23. The molecule has 0 aliphatic carbocycles. The van der Waals surface area contributed by atoms with E-state index >= 15 is 0 Å². The zero-order valence-corrected chi connectivity index (χ0v) is 9.11. The molecule has 2 rings (SSSR count). The Bertz CT molecular complexity index is 517. The van der Waals surface area contributed by atoms with Gasteiger partial charge in [-0.15, -0.1) is 11.3 Å². The smallest absolute Gasteiger partial charge is 0.101 e. The molecular formula is C12H11NS. The van der Waals surface area contributed by atoms with Crippen molar-refractivity contribution in [1.82, 2.24) is 0 Å². The summed E-state index contributed by atoms with van der Waals surface area (Å²) in [6, 6.07) is 6.52. The molecular weight excluding hydrogens is 190 g/mol. The molecule has 0 atom stereocenters. The second-order valence-corrected chi connectivity index (χ2v) is 4.24. The summed E-state index contributed by atoms with van der Waals surface area (Å²) < 4.78 is 1.28. The van der Waals surface area contributed by atoms with Gasteiger partial charge in [0.15, 0.2) is 0 Å². The first-order valence-corrected chi connectivity index (χ1v) is 5.55. The highest BCUT2D eigenvalue weighted by atomic mass is 32.1. The van der Waals surface area contributed by atoms with E-state index in [1.54, 1.807) is 11.3 Å². The Balaban J connectivity index is 2.89. The zero-order valence-electron chi connectivity index (χ0n) is 8.29. The highest BCUT2D eigenvalue weighted by molar-refractivity contribution is 7.17. The first-order chi connectivity index (χ1) is 6.77. The van der Waals surface area contributed by atoms with Crippen LogP contribution in [0.2, 0.25) is 0 Å². The van der Waals surface area contributed by atoms with Crippen molar-refractivity contribution in [1.29, 1.82) is 5.26 Å². The summed E-state index contributed by atoms with van der Waals surface area (Å²) in [5.41, 5.74) is 3.37. The molecule has 70 valence electrons. The maximum Gasteiger partial charge on any atom is 0.101 e. The van der Waals surface area contributed by atoms with E-state index in [1.165, 1.54) is 15.8 Å². The average molecular weight is 201 g/mol. The molecule has 2 heteroatoms. The van der Waals surface area contributed by atoms with Crippen LogP contribution in [0.3, 0.4) is 0 Å². The number of nitrogens with zero attached hydrogens (tertiary/aromatic N) is 1. The van der Waals surface area contributed by atoms with E-state index in [0.717, 1.165) is 17.4 Å². The molecule has 0 aliphatic heterocycles. The standard InChI is InChI=1S/C12H11NS/c1-3-9-5-4-8(2)11-10(6-13)7-14-12(9)11/h4-5,7H,3H2,1-2H3. The summed E-state index contributed by atoms with van der Waals surface area (Å²) >= 11 is 1.68. The predicted molar refractivity (Wildman–Crippen MR) is 60.7 cm³/mol. The van der Waals surface area contributed by atoms with Gasteiger partial charge in [-0.1, -0.05) is 19.1 Å². The minimum absolute atomic E-state index is 0.817. The fourth-order valence-corrected chi connectivity index (χ4v) is 2.89. The van der Waals surface area contributed by atoms with Crippen LogP contribution in [-0.4, -0.2) is 0 Å². The minimum Gasteiger partial charge on any atom is -0.192 e. The van der Waals surface area contributed by atoms with E-state index in [2.05, 4.69) is 32.0 Å². The van der Waals surface area contributed by atoms with E-state index in [-0.39, 0.29) is 0 Å². The van der Waals surface area contributed by atoms with Gasteiger partial charge in [0.1, 0.15) is 6.07 Å². The second-order valence-electron chi connectivity index (χ2n) is 3.36. The van der Waals surface area contributed by atoms with Crippen LogP contribution in [0.25, 0.3) is 10.1 Å². The van der Waals surface area contributed by atoms with Gasteiger partial charge in [-0.05, 0) is 24.5 Å². The van der Waals surface area contributed by atoms with Gasteiger partial charge < -0.3 is 0 Å². The van der Waals surface area contributed by atoms with Crippen molar-refractivity contribution in [2.45, 2.75) is 20.3 Å². The average Bonchev–Trinajstić information content (AvgIpc) is 2.63. The van der Waals surface area contributed by atoms with Crippen LogP contribution in [0.15, 0.2) is 17.5 Å². The SMILES string of the molecule is CCc1ccc(C)c2c(C#N)csc12. The molecule has 0 fully saturated rings. The van der Waals surface area contributed by atoms with Crippen LogP contribution in [-0.2, 0) is 6.42 Å². The van der Waals surface area contributed by atoms with Gasteiger partial charge in [-0.3, -0.25) is 0 Å². The molecule has 1 aromatic carbocycles. The van der Waals surface area contributed by atoms with Gasteiger partial charge in [0.2, 0.25) is 0 Å². The van der Waals surface area contributed by atoms with Crippen LogP contribution in [0, 0.1) is 18.3 Å². The fourth-order valence-electron chi connectivity index (χ4n) is 1.73. The summed E-state index contributed by atoms with van der Waals surface area (Å²) in [5.74, 6) is 0. The van der Waals surface area contributed by atoms with E-state index in [4.69, 9.17) is 5.26 Å². The van der Waals surface area contributed by atoms with Crippen LogP contribution in [0.4, 0.5) is 0 Å². The van der Waals surface area contributed by atoms with Crippen molar-refractivity contribution in [3.63, 3.8) is 0 Å². The Hall–Kier alpha value is -1.33. The zero-order chi connectivity index (χ0) is 10.1. The summed E-state index contributed by atoms with van der Waals surface area (Å²) in [7, 11) is 0. The molecule has 0 bridgehead atoms. The van der Waals surface area contributed by atoms with Crippen molar-refractivity contribution in [3.05, 3.63) is 34.2 Å². The molecule has 14 heavy (non-hydrogen) atoms. The van der Waals surface area contributed by atoms with Gasteiger partial charge in [0, 0.05) is 15.5 Å². The topological polar surface area (TPSA) is 23.8 Å². The predicted octanol–water partition coefficient (Wildman–Crippen LogP) is 3.64. The number of rotatable bonds is 1. The highest BCUT2D eigenvalue weighted by Crippen LogP contribution is 2.31. The van der Waals surface area contributed by atoms with Crippen molar-refractivity contribution < 1.29 is 0 Å². The molecule has 0 amide bonds. The van der Waals surface area contributed by atoms with E-state index in [1.807, 2.05) is 5.38 Å². The van der Waals surface area contributed by atoms with Gasteiger partial charge >= 0.3 is 0 Å². The summed E-state index contributed by atoms with van der Waals surface area (Å²) in [6.45, 7) is 4.21. The molecule has 0 saturated heterocycles. The Morgan fingerprint density at radius 1 is 1.43 bits per heavy atom. The van der Waals surface area contributed by atoms with Crippen LogP contribution < -0.4 is 0 Å². The van der Waals surface area contributed by atoms with Crippen molar-refractivity contribution in [2.75, 3.05) is 0 Å². The maximum absolute atomic E-state index is 8.97. The normalized spacial score (nSPS) is 10.4. The Morgan fingerprint density at radius 2 is 2.21 bits per heavy atom. The third-order valence-electron chi connectivity index (χ3n) is 2.51. The molecule has 0 saturated carbocycles. The number of thiophene rings is 1. The third-order valence-corrected chi connectivity index (χ3v) is 3.57. The Labute approximate surface area is 87.6 Å². The number of fused-ring (bicyclic) bond motifs is 1. The van der Waals surface area contributed by atoms with Crippen molar-refractivity contribution in [3.8, 4) is 6.07 Å². The van der Waals surface area contributed by atoms with E-state index < -0.39 is 0 Å². The third kappa shape index (κ3) is 1.21. The summed E-state index contributed by atoms with van der Waals surface area (Å²) in [6.07, 6.45) is 1.03. The number of hydrogen-bond donors (Lipinski definition) is 0. The molecule has 2 aromatic rings. The van der Waals surface area contributed by atoms with Crippen LogP contribution in [0.1, 0.15) is 23.6 Å². The molecule has 0 spiro atoms. The minimum atomic E-state index is 0.817. The van der Waals surface area contributed by atoms with Crippen molar-refractivity contribution >= 4 is 21.4 Å². The molecule has 1 nitrogen and oxygen atoms in total. The van der Waals surface area contributed by atoms with Crippen LogP contribution in [0.5, 0.6) is 0 Å². The number of hydrogen-bond acceptors (Lipinski definition) is 2. The monoisotopic (exact) mass is 201 g/mol. The lowest BCUT2D eigenvalue weighted by Crippen LogP contribution is -1.83. The van der Waals surface area contributed by atoms with E-state index in [0.29, 0.717) is 0 Å². The van der Waals surface area contributed by atoms with Crippen LogP contribution >= 0.6 is 11.3 Å². The lowest BCUT2D eigenvalue weighted by Gasteiger charge is -2.01. The highest BCUT2D eigenvalue weighted by Gasteiger charge is 2.08. The molecule has 1 aromatic heterocycles. The fraction of sp³-hybridized carbons (Fsp3) is 0.250. The lowest BCUT2D eigenvalue weighted by atomic mass is 10.0. The summed E-state index contributed by atoms with van der Waals surface area (Å²) in [4.78, 5) is 0. The number of nitriles is 1. The quantitative estimate of drug-likeness (QED) is 0.691. The molecule has 0 aliphatic rings. The molecule has 1 heterocycles. The Morgan fingerprint density at radius 3 is 2.86 bits per heavy atom. The Kier molecular flexibility index (Phi) is 2.26. The largest absolute Gasteiger partial charge is 0.192 e. The van der Waals surface area contributed by atoms with Gasteiger partial charge in [0.25, 0.3) is 0 Å². The maximum atomic E-state index is 8.97. The summed E-state index contributed by atoms with van der Waals surface area (Å²) in [5, 5.41) is 12.1.